The van der Waals surface area contributed by atoms with Gasteiger partial charge in [0, 0.05) is 10.7 Å². The van der Waals surface area contributed by atoms with Crippen molar-refractivity contribution in [2.24, 2.45) is 0 Å². The number of hydrogen-bond donors (Lipinski definition) is 2. The molecule has 7 heteroatoms. The van der Waals surface area contributed by atoms with Crippen molar-refractivity contribution < 1.29 is 13.2 Å². The minimum absolute atomic E-state index is 0.0277. The van der Waals surface area contributed by atoms with E-state index in [1.807, 2.05) is 31.2 Å². The maximum atomic E-state index is 12.6. The summed E-state index contributed by atoms with van der Waals surface area (Å²) in [5, 5.41) is 4.90. The van der Waals surface area contributed by atoms with E-state index >= 15 is 0 Å². The van der Waals surface area contributed by atoms with E-state index in [1.54, 1.807) is 25.1 Å². The highest BCUT2D eigenvalue weighted by Crippen LogP contribution is 2.26. The Morgan fingerprint density at radius 1 is 1.04 bits per heavy atom. The standard InChI is InChI=1S/C20H19ClN2O3S/c1-3-14-11-17(21)10-13(2)19(14)22-20(24)23-27(25,26)18-9-8-15-6-4-5-7-16(15)12-18/h4-12H,3H2,1-2H3,(H2,22,23,24). The van der Waals surface area contributed by atoms with Gasteiger partial charge in [-0.15, -0.1) is 0 Å². The Kier molecular flexibility index (Phi) is 5.39. The summed E-state index contributed by atoms with van der Waals surface area (Å²) in [5.74, 6) is 0. The zero-order valence-corrected chi connectivity index (χ0v) is 16.5. The second-order valence-electron chi connectivity index (χ2n) is 6.18. The fourth-order valence-electron chi connectivity index (χ4n) is 2.92. The molecule has 0 fully saturated rings. The van der Waals surface area contributed by atoms with Crippen LogP contribution in [0, 0.1) is 6.92 Å². The predicted octanol–water partition coefficient (Wildman–Crippen LogP) is 4.87. The van der Waals surface area contributed by atoms with Gasteiger partial charge in [-0.25, -0.2) is 17.9 Å². The first-order valence-electron chi connectivity index (χ1n) is 8.42. The summed E-state index contributed by atoms with van der Waals surface area (Å²) in [4.78, 5) is 12.4. The maximum Gasteiger partial charge on any atom is 0.333 e. The molecule has 5 nitrogen and oxygen atoms in total. The number of hydrogen-bond acceptors (Lipinski definition) is 3. The normalized spacial score (nSPS) is 11.4. The van der Waals surface area contributed by atoms with Crippen molar-refractivity contribution in [2.75, 3.05) is 5.32 Å². The Morgan fingerprint density at radius 2 is 1.74 bits per heavy atom. The van der Waals surface area contributed by atoms with Crippen LogP contribution in [-0.2, 0) is 16.4 Å². The summed E-state index contributed by atoms with van der Waals surface area (Å²) < 4.78 is 27.2. The summed E-state index contributed by atoms with van der Waals surface area (Å²) in [6, 6.07) is 14.8. The van der Waals surface area contributed by atoms with E-state index in [0.29, 0.717) is 17.1 Å². The third kappa shape index (κ3) is 4.23. The van der Waals surface area contributed by atoms with Crippen LogP contribution in [0.15, 0.2) is 59.5 Å². The Bertz CT molecular complexity index is 1130. The number of urea groups is 1. The molecule has 3 rings (SSSR count). The molecule has 0 aromatic heterocycles. The number of rotatable bonds is 4. The molecule has 3 aromatic rings. The molecule has 0 aliphatic heterocycles. The van der Waals surface area contributed by atoms with E-state index in [9.17, 15) is 13.2 Å². The number of carbonyl (C=O) groups excluding carboxylic acids is 1. The molecule has 0 atom stereocenters. The number of carbonyl (C=O) groups is 1. The first kappa shape index (κ1) is 19.2. The average Bonchev–Trinajstić information content (AvgIpc) is 2.62. The molecule has 0 saturated carbocycles. The van der Waals surface area contributed by atoms with Gasteiger partial charge in [0.05, 0.1) is 4.90 Å². The molecular formula is C20H19ClN2O3S. The topological polar surface area (TPSA) is 75.3 Å². The van der Waals surface area contributed by atoms with E-state index in [4.69, 9.17) is 11.6 Å². The molecule has 0 aliphatic rings. The van der Waals surface area contributed by atoms with Crippen LogP contribution in [0.5, 0.6) is 0 Å². The van der Waals surface area contributed by atoms with Gasteiger partial charge in [0.2, 0.25) is 0 Å². The molecule has 0 radical (unpaired) electrons. The van der Waals surface area contributed by atoms with Crippen LogP contribution in [-0.4, -0.2) is 14.4 Å². The lowest BCUT2D eigenvalue weighted by atomic mass is 10.1. The van der Waals surface area contributed by atoms with Crippen LogP contribution in [0.1, 0.15) is 18.1 Å². The van der Waals surface area contributed by atoms with Crippen molar-refractivity contribution in [1.82, 2.24) is 4.72 Å². The van der Waals surface area contributed by atoms with Crippen LogP contribution in [0.2, 0.25) is 5.02 Å². The van der Waals surface area contributed by atoms with Crippen molar-refractivity contribution in [3.05, 3.63) is 70.7 Å². The molecule has 27 heavy (non-hydrogen) atoms. The quantitative estimate of drug-likeness (QED) is 0.653. The van der Waals surface area contributed by atoms with Crippen LogP contribution in [0.25, 0.3) is 10.8 Å². The fourth-order valence-corrected chi connectivity index (χ4v) is 4.16. The number of halogens is 1. The van der Waals surface area contributed by atoms with Gasteiger partial charge in [-0.05, 0) is 59.5 Å². The SMILES string of the molecule is CCc1cc(Cl)cc(C)c1NC(=O)NS(=O)(=O)c1ccc2ccccc2c1. The summed E-state index contributed by atoms with van der Waals surface area (Å²) in [7, 11) is -4.00. The number of anilines is 1. The number of fused-ring (bicyclic) bond motifs is 1. The van der Waals surface area contributed by atoms with Crippen molar-refractivity contribution in [3.63, 3.8) is 0 Å². The van der Waals surface area contributed by atoms with Crippen LogP contribution in [0.4, 0.5) is 10.5 Å². The van der Waals surface area contributed by atoms with Gasteiger partial charge in [-0.1, -0.05) is 48.9 Å². The fraction of sp³-hybridized carbons (Fsp3) is 0.150. The molecule has 2 amide bonds. The second kappa shape index (κ2) is 7.58. The minimum atomic E-state index is -4.00. The first-order valence-corrected chi connectivity index (χ1v) is 10.3. The molecule has 0 bridgehead atoms. The third-order valence-corrected chi connectivity index (χ3v) is 5.81. The smallest absolute Gasteiger partial charge is 0.307 e. The Balaban J connectivity index is 1.84. The van der Waals surface area contributed by atoms with Crippen molar-refractivity contribution in [3.8, 4) is 0 Å². The van der Waals surface area contributed by atoms with Gasteiger partial charge in [0.25, 0.3) is 10.0 Å². The third-order valence-electron chi connectivity index (χ3n) is 4.26. The zero-order valence-electron chi connectivity index (χ0n) is 14.9. The number of nitrogens with one attached hydrogen (secondary N) is 2. The molecule has 0 heterocycles. The van der Waals surface area contributed by atoms with Crippen LogP contribution >= 0.6 is 11.6 Å². The van der Waals surface area contributed by atoms with Gasteiger partial charge in [0.15, 0.2) is 0 Å². The predicted molar refractivity (Wildman–Crippen MR) is 109 cm³/mol. The zero-order chi connectivity index (χ0) is 19.6. The molecule has 2 N–H and O–H groups in total. The van der Waals surface area contributed by atoms with E-state index in [1.165, 1.54) is 12.1 Å². The highest BCUT2D eigenvalue weighted by molar-refractivity contribution is 7.90. The largest absolute Gasteiger partial charge is 0.333 e. The second-order valence-corrected chi connectivity index (χ2v) is 8.30. The van der Waals surface area contributed by atoms with Crippen LogP contribution < -0.4 is 10.0 Å². The van der Waals surface area contributed by atoms with Crippen molar-refractivity contribution >= 4 is 44.1 Å². The first-order chi connectivity index (χ1) is 12.8. The number of sulfonamides is 1. The Morgan fingerprint density at radius 3 is 2.44 bits per heavy atom. The van der Waals surface area contributed by atoms with E-state index < -0.39 is 16.1 Å². The molecule has 0 saturated heterocycles. The molecule has 0 spiro atoms. The number of amides is 2. The molecule has 140 valence electrons. The summed E-state index contributed by atoms with van der Waals surface area (Å²) in [6.45, 7) is 3.73. The van der Waals surface area contributed by atoms with Gasteiger partial charge in [-0.2, -0.15) is 0 Å². The van der Waals surface area contributed by atoms with Gasteiger partial charge in [-0.3, -0.25) is 0 Å². The van der Waals surface area contributed by atoms with E-state index in [-0.39, 0.29) is 4.90 Å². The van der Waals surface area contributed by atoms with Gasteiger partial charge < -0.3 is 5.32 Å². The van der Waals surface area contributed by atoms with Crippen molar-refractivity contribution in [1.29, 1.82) is 0 Å². The Hall–Kier alpha value is -2.57. The summed E-state index contributed by atoms with van der Waals surface area (Å²) >= 11 is 6.05. The van der Waals surface area contributed by atoms with Gasteiger partial charge in [0.1, 0.15) is 0 Å². The van der Waals surface area contributed by atoms with Crippen molar-refractivity contribution in [2.45, 2.75) is 25.2 Å². The lowest BCUT2D eigenvalue weighted by Crippen LogP contribution is -2.34. The van der Waals surface area contributed by atoms with E-state index in [2.05, 4.69) is 10.0 Å². The lowest BCUT2D eigenvalue weighted by molar-refractivity contribution is 0.256. The highest BCUT2D eigenvalue weighted by Gasteiger charge is 2.19. The highest BCUT2D eigenvalue weighted by atomic mass is 35.5. The monoisotopic (exact) mass is 402 g/mol. The summed E-state index contributed by atoms with van der Waals surface area (Å²) in [6.07, 6.45) is 0.647. The molecular weight excluding hydrogens is 384 g/mol. The summed E-state index contributed by atoms with van der Waals surface area (Å²) in [5.41, 5.74) is 2.16. The number of aryl methyl sites for hydroxylation is 2. The minimum Gasteiger partial charge on any atom is -0.307 e. The van der Waals surface area contributed by atoms with E-state index in [0.717, 1.165) is 21.9 Å². The lowest BCUT2D eigenvalue weighted by Gasteiger charge is -2.15. The average molecular weight is 403 g/mol. The molecule has 0 unspecified atom stereocenters. The van der Waals surface area contributed by atoms with Gasteiger partial charge >= 0.3 is 6.03 Å². The maximum absolute atomic E-state index is 12.6. The molecule has 0 aliphatic carbocycles. The Labute approximate surface area is 163 Å². The number of benzene rings is 3. The molecule has 3 aromatic carbocycles. The van der Waals surface area contributed by atoms with Crippen LogP contribution in [0.3, 0.4) is 0 Å².